The molecule has 1 aromatic rings. The third-order valence-electron chi connectivity index (χ3n) is 2.69. The lowest BCUT2D eigenvalue weighted by molar-refractivity contribution is -0.120. The van der Waals surface area contributed by atoms with Crippen LogP contribution in [0, 0.1) is 0 Å². The maximum Gasteiger partial charge on any atom is 0.219 e. The van der Waals surface area contributed by atoms with Crippen molar-refractivity contribution in [3.8, 4) is 0 Å². The molecular formula is C12H15NO. The molecule has 1 aliphatic carbocycles. The summed E-state index contributed by atoms with van der Waals surface area (Å²) < 4.78 is 0. The van der Waals surface area contributed by atoms with E-state index in [1.54, 1.807) is 0 Å². The lowest BCUT2D eigenvalue weighted by Crippen LogP contribution is -2.25. The summed E-state index contributed by atoms with van der Waals surface area (Å²) in [4.78, 5) is 11.1. The zero-order valence-corrected chi connectivity index (χ0v) is 8.36. The molecule has 0 heterocycles. The molecule has 1 N–H and O–H groups in total. The third kappa shape index (κ3) is 1.95. The van der Waals surface area contributed by atoms with Gasteiger partial charge in [0, 0.05) is 18.4 Å². The van der Waals surface area contributed by atoms with Crippen LogP contribution in [-0.4, -0.2) is 11.9 Å². The molecule has 14 heavy (non-hydrogen) atoms. The van der Waals surface area contributed by atoms with Crippen molar-refractivity contribution in [2.24, 2.45) is 0 Å². The first-order valence-corrected chi connectivity index (χ1v) is 5.15. The van der Waals surface area contributed by atoms with Gasteiger partial charge in [-0.25, -0.2) is 0 Å². The minimum absolute atomic E-state index is 0.161. The van der Waals surface area contributed by atoms with Gasteiger partial charge in [0.25, 0.3) is 0 Å². The number of hydrogen-bond acceptors (Lipinski definition) is 1. The van der Waals surface area contributed by atoms with Gasteiger partial charge in [-0.1, -0.05) is 37.3 Å². The van der Waals surface area contributed by atoms with Gasteiger partial charge in [0.15, 0.2) is 0 Å². The molecule has 0 aliphatic heterocycles. The average molecular weight is 189 g/mol. The number of nitrogens with one attached hydrogen (secondary N) is 1. The lowest BCUT2D eigenvalue weighted by Gasteiger charge is -2.02. The normalized spacial score (nSPS) is 24.4. The van der Waals surface area contributed by atoms with Crippen molar-refractivity contribution >= 4 is 5.91 Å². The summed E-state index contributed by atoms with van der Waals surface area (Å²) in [6.45, 7) is 1.88. The van der Waals surface area contributed by atoms with Gasteiger partial charge >= 0.3 is 0 Å². The molecule has 1 aliphatic rings. The quantitative estimate of drug-likeness (QED) is 0.774. The molecule has 0 aromatic heterocycles. The first-order valence-electron chi connectivity index (χ1n) is 5.15. The predicted octanol–water partition coefficient (Wildman–Crippen LogP) is 2.07. The van der Waals surface area contributed by atoms with Crippen LogP contribution in [0.25, 0.3) is 0 Å². The van der Waals surface area contributed by atoms with Crippen molar-refractivity contribution in [3.63, 3.8) is 0 Å². The van der Waals surface area contributed by atoms with E-state index in [9.17, 15) is 4.79 Å². The minimum Gasteiger partial charge on any atom is -0.353 e. The molecule has 0 bridgehead atoms. The van der Waals surface area contributed by atoms with E-state index in [0.29, 0.717) is 18.4 Å². The molecule has 1 fully saturated rings. The van der Waals surface area contributed by atoms with Crippen LogP contribution in [0.3, 0.4) is 0 Å². The van der Waals surface area contributed by atoms with Crippen molar-refractivity contribution < 1.29 is 4.79 Å². The number of hydrogen-bond donors (Lipinski definition) is 1. The summed E-state index contributed by atoms with van der Waals surface area (Å²) in [7, 11) is 0. The molecule has 1 saturated carbocycles. The molecule has 2 rings (SSSR count). The van der Waals surface area contributed by atoms with Gasteiger partial charge in [-0.15, -0.1) is 0 Å². The number of benzene rings is 1. The summed E-state index contributed by atoms with van der Waals surface area (Å²) in [6, 6.07) is 10.8. The van der Waals surface area contributed by atoms with E-state index >= 15 is 0 Å². The Bertz CT molecular complexity index is 320. The van der Waals surface area contributed by atoms with E-state index in [0.717, 1.165) is 6.42 Å². The number of rotatable bonds is 3. The second kappa shape index (κ2) is 3.82. The molecule has 0 radical (unpaired) electrons. The summed E-state index contributed by atoms with van der Waals surface area (Å²) in [5, 5.41) is 3.01. The van der Waals surface area contributed by atoms with Crippen LogP contribution in [0.2, 0.25) is 0 Å². The van der Waals surface area contributed by atoms with Gasteiger partial charge in [-0.05, 0) is 12.0 Å². The van der Waals surface area contributed by atoms with E-state index in [1.165, 1.54) is 5.56 Å². The van der Waals surface area contributed by atoms with Gasteiger partial charge in [-0.3, -0.25) is 4.79 Å². The highest BCUT2D eigenvalue weighted by Gasteiger charge is 2.38. The van der Waals surface area contributed by atoms with Gasteiger partial charge in [-0.2, -0.15) is 0 Å². The Morgan fingerprint density at radius 2 is 2.14 bits per heavy atom. The van der Waals surface area contributed by atoms with Crippen LogP contribution in [0.15, 0.2) is 30.3 Å². The maximum atomic E-state index is 11.1. The van der Waals surface area contributed by atoms with E-state index in [2.05, 4.69) is 17.4 Å². The van der Waals surface area contributed by atoms with Crippen LogP contribution in [-0.2, 0) is 4.79 Å². The van der Waals surface area contributed by atoms with Gasteiger partial charge in [0.2, 0.25) is 5.91 Å². The van der Waals surface area contributed by atoms with Crippen LogP contribution in [0.4, 0.5) is 0 Å². The molecular weight excluding hydrogens is 174 g/mol. The fourth-order valence-corrected chi connectivity index (χ4v) is 1.73. The van der Waals surface area contributed by atoms with E-state index in [1.807, 2.05) is 25.1 Å². The Hall–Kier alpha value is -1.31. The molecule has 2 atom stereocenters. The summed E-state index contributed by atoms with van der Waals surface area (Å²) in [5.74, 6) is 0.708. The maximum absolute atomic E-state index is 11.1. The van der Waals surface area contributed by atoms with E-state index < -0.39 is 0 Å². The Balaban J connectivity index is 1.91. The zero-order chi connectivity index (χ0) is 9.97. The van der Waals surface area contributed by atoms with E-state index in [-0.39, 0.29) is 5.91 Å². The topological polar surface area (TPSA) is 29.1 Å². The number of amides is 1. The van der Waals surface area contributed by atoms with Crippen molar-refractivity contribution in [2.75, 3.05) is 0 Å². The first kappa shape index (κ1) is 9.25. The molecule has 2 unspecified atom stereocenters. The fraction of sp³-hybridized carbons (Fsp3) is 0.417. The second-order valence-electron chi connectivity index (χ2n) is 3.78. The summed E-state index contributed by atoms with van der Waals surface area (Å²) in [6.07, 6.45) is 1.67. The Morgan fingerprint density at radius 1 is 1.43 bits per heavy atom. The summed E-state index contributed by atoms with van der Waals surface area (Å²) in [5.41, 5.74) is 1.34. The van der Waals surface area contributed by atoms with E-state index in [4.69, 9.17) is 0 Å². The smallest absolute Gasteiger partial charge is 0.219 e. The molecule has 2 heteroatoms. The van der Waals surface area contributed by atoms with Gasteiger partial charge in [0.05, 0.1) is 0 Å². The van der Waals surface area contributed by atoms with Crippen LogP contribution < -0.4 is 5.32 Å². The van der Waals surface area contributed by atoms with Crippen LogP contribution in [0.1, 0.15) is 31.2 Å². The average Bonchev–Trinajstić information content (AvgIpc) is 2.98. The highest BCUT2D eigenvalue weighted by molar-refractivity contribution is 5.76. The molecule has 1 amide bonds. The van der Waals surface area contributed by atoms with Gasteiger partial charge < -0.3 is 5.32 Å². The Kier molecular flexibility index (Phi) is 2.53. The monoisotopic (exact) mass is 189 g/mol. The third-order valence-corrected chi connectivity index (χ3v) is 2.69. The standard InChI is InChI=1S/C12H15NO/c1-2-12(14)13-11-8-10(11)9-6-4-3-5-7-9/h3-7,10-11H,2,8H2,1H3,(H,13,14). The SMILES string of the molecule is CCC(=O)NC1CC1c1ccccc1. The molecule has 0 spiro atoms. The Labute approximate surface area is 84.3 Å². The molecule has 1 aromatic carbocycles. The van der Waals surface area contributed by atoms with Gasteiger partial charge in [0.1, 0.15) is 0 Å². The zero-order valence-electron chi connectivity index (χ0n) is 8.36. The minimum atomic E-state index is 0.161. The number of carbonyl (C=O) groups excluding carboxylic acids is 1. The van der Waals surface area contributed by atoms with Crippen molar-refractivity contribution in [1.82, 2.24) is 5.32 Å². The highest BCUT2D eigenvalue weighted by Crippen LogP contribution is 2.40. The highest BCUT2D eigenvalue weighted by atomic mass is 16.1. The predicted molar refractivity (Wildman–Crippen MR) is 56.0 cm³/mol. The molecule has 0 saturated heterocycles. The number of carbonyl (C=O) groups is 1. The fourth-order valence-electron chi connectivity index (χ4n) is 1.73. The summed E-state index contributed by atoms with van der Waals surface area (Å²) >= 11 is 0. The second-order valence-corrected chi connectivity index (χ2v) is 3.78. The van der Waals surface area contributed by atoms with Crippen molar-refractivity contribution in [3.05, 3.63) is 35.9 Å². The lowest BCUT2D eigenvalue weighted by atomic mass is 10.1. The Morgan fingerprint density at radius 3 is 2.79 bits per heavy atom. The van der Waals surface area contributed by atoms with Crippen molar-refractivity contribution in [1.29, 1.82) is 0 Å². The largest absolute Gasteiger partial charge is 0.353 e. The first-order chi connectivity index (χ1) is 6.81. The van der Waals surface area contributed by atoms with Crippen LogP contribution >= 0.6 is 0 Å². The molecule has 74 valence electrons. The van der Waals surface area contributed by atoms with Crippen molar-refractivity contribution in [2.45, 2.75) is 31.7 Å². The molecule has 2 nitrogen and oxygen atoms in total. The van der Waals surface area contributed by atoms with Crippen LogP contribution in [0.5, 0.6) is 0 Å².